The summed E-state index contributed by atoms with van der Waals surface area (Å²) in [5, 5.41) is 33.8. The molecule has 36 heavy (non-hydrogen) atoms. The van der Waals surface area contributed by atoms with Gasteiger partial charge in [0, 0.05) is 25.4 Å². The molecule has 0 radical (unpaired) electrons. The van der Waals surface area contributed by atoms with Crippen LogP contribution < -0.4 is 20.9 Å². The molecular formula is C24H27N9O3. The van der Waals surface area contributed by atoms with Crippen molar-refractivity contribution < 1.29 is 14.6 Å². The second-order valence-corrected chi connectivity index (χ2v) is 9.09. The van der Waals surface area contributed by atoms with E-state index in [4.69, 9.17) is 9.84 Å². The van der Waals surface area contributed by atoms with Crippen LogP contribution in [0.3, 0.4) is 0 Å². The normalized spacial score (nSPS) is 22.6. The molecule has 5 heterocycles. The Bertz CT molecular complexity index is 1380. The molecule has 4 N–H and O–H groups in total. The van der Waals surface area contributed by atoms with Gasteiger partial charge in [0.25, 0.3) is 5.91 Å². The molecule has 0 spiro atoms. The number of aliphatic hydroxyl groups is 1. The lowest BCUT2D eigenvalue weighted by molar-refractivity contribution is 0.00718. The lowest BCUT2D eigenvalue weighted by Gasteiger charge is -2.35. The Labute approximate surface area is 207 Å². The average molecular weight is 490 g/mol. The number of aromatic nitrogens is 5. The van der Waals surface area contributed by atoms with Crippen LogP contribution in [0.4, 0.5) is 17.3 Å². The standard InChI is InChI=1S/C24H27N9O3/c1-13-5-8-19(30-29-13)32-11-3-4-16(24(32)35)27-21-14-9-10-25-20(14)22-26-12-17(33(22)31-21)23(34)28-15-6-7-18(15)36-2/h3-5,8,11-12,15,18,24-25,35H,6-7,9-10H2,1-2H3,(H,27,31)(H,28,34)/t15-,18-,24?/m1/s1. The SMILES string of the molecule is CO[C@@H]1CC[C@H]1NC(=O)c1cnc2c3c(c(NC4=CC=CN(c5ccc(C)nn5)C4O)nn12)CCN3. The van der Waals surface area contributed by atoms with E-state index >= 15 is 0 Å². The van der Waals surface area contributed by atoms with Gasteiger partial charge < -0.3 is 25.8 Å². The van der Waals surface area contributed by atoms with Crippen LogP contribution in [0.25, 0.3) is 5.65 Å². The number of nitrogens with one attached hydrogen (secondary N) is 3. The van der Waals surface area contributed by atoms with E-state index in [1.54, 1.807) is 34.9 Å². The molecule has 1 unspecified atom stereocenters. The van der Waals surface area contributed by atoms with Gasteiger partial charge in [-0.25, -0.2) is 9.50 Å². The van der Waals surface area contributed by atoms with Crippen molar-refractivity contribution in [3.05, 3.63) is 59.3 Å². The number of amides is 1. The van der Waals surface area contributed by atoms with Gasteiger partial charge in [0.15, 0.2) is 29.2 Å². The maximum absolute atomic E-state index is 13.1. The first kappa shape index (κ1) is 22.4. The quantitative estimate of drug-likeness (QED) is 0.401. The van der Waals surface area contributed by atoms with Crippen molar-refractivity contribution in [1.82, 2.24) is 30.1 Å². The number of carbonyl (C=O) groups excluding carboxylic acids is 1. The highest BCUT2D eigenvalue weighted by Crippen LogP contribution is 2.33. The minimum Gasteiger partial charge on any atom is -0.381 e. The van der Waals surface area contributed by atoms with Gasteiger partial charge in [0.1, 0.15) is 0 Å². The predicted octanol–water partition coefficient (Wildman–Crippen LogP) is 1.35. The van der Waals surface area contributed by atoms with E-state index in [2.05, 4.69) is 31.1 Å². The number of hydrogen-bond donors (Lipinski definition) is 4. The molecule has 0 aromatic carbocycles. The molecule has 6 rings (SSSR count). The van der Waals surface area contributed by atoms with Crippen molar-refractivity contribution in [2.75, 3.05) is 29.2 Å². The topological polar surface area (TPSA) is 142 Å². The molecule has 12 heteroatoms. The molecule has 3 aliphatic rings. The fraction of sp³-hybridized carbons (Fsp3) is 0.375. The predicted molar refractivity (Wildman–Crippen MR) is 133 cm³/mol. The summed E-state index contributed by atoms with van der Waals surface area (Å²) in [4.78, 5) is 19.2. The molecule has 3 aromatic rings. The van der Waals surface area contributed by atoms with Gasteiger partial charge in [-0.15, -0.1) is 10.2 Å². The molecule has 12 nitrogen and oxygen atoms in total. The highest BCUT2D eigenvalue weighted by molar-refractivity contribution is 5.94. The van der Waals surface area contributed by atoms with Gasteiger partial charge in [-0.2, -0.15) is 5.10 Å². The number of aliphatic hydroxyl groups excluding tert-OH is 1. The average Bonchev–Trinajstić information content (AvgIpc) is 3.51. The second-order valence-electron chi connectivity index (χ2n) is 9.09. The lowest BCUT2D eigenvalue weighted by atomic mass is 9.89. The summed E-state index contributed by atoms with van der Waals surface area (Å²) in [7, 11) is 1.65. The Morgan fingerprint density at radius 3 is 2.92 bits per heavy atom. The summed E-state index contributed by atoms with van der Waals surface area (Å²) < 4.78 is 6.95. The second kappa shape index (κ2) is 8.88. The maximum atomic E-state index is 13.1. The largest absolute Gasteiger partial charge is 0.381 e. The molecule has 0 bridgehead atoms. The third-order valence-corrected chi connectivity index (χ3v) is 6.86. The minimum absolute atomic E-state index is 0.0246. The summed E-state index contributed by atoms with van der Waals surface area (Å²) >= 11 is 0. The summed E-state index contributed by atoms with van der Waals surface area (Å²) in [6, 6.07) is 3.62. The molecule has 1 amide bonds. The van der Waals surface area contributed by atoms with Crippen LogP contribution in [0.15, 0.2) is 42.4 Å². The number of carbonyl (C=O) groups is 1. The fourth-order valence-electron chi connectivity index (χ4n) is 4.72. The molecular weight excluding hydrogens is 462 g/mol. The summed E-state index contributed by atoms with van der Waals surface area (Å²) in [5.41, 5.74) is 4.00. The van der Waals surface area contributed by atoms with Crippen LogP contribution >= 0.6 is 0 Å². The minimum atomic E-state index is -1.02. The highest BCUT2D eigenvalue weighted by Gasteiger charge is 2.33. The first-order valence-corrected chi connectivity index (χ1v) is 11.9. The van der Waals surface area contributed by atoms with Crippen molar-refractivity contribution in [1.29, 1.82) is 0 Å². The number of fused-ring (bicyclic) bond motifs is 3. The summed E-state index contributed by atoms with van der Waals surface area (Å²) in [6.45, 7) is 2.58. The number of nitrogens with zero attached hydrogens (tertiary/aromatic N) is 6. The lowest BCUT2D eigenvalue weighted by Crippen LogP contribution is -2.51. The summed E-state index contributed by atoms with van der Waals surface area (Å²) in [5.74, 6) is 0.809. The Kier molecular flexibility index (Phi) is 5.53. The Balaban J connectivity index is 1.30. The number of allylic oxidation sites excluding steroid dienone is 2. The van der Waals surface area contributed by atoms with Crippen LogP contribution in [-0.4, -0.2) is 67.8 Å². The Morgan fingerprint density at radius 1 is 1.28 bits per heavy atom. The maximum Gasteiger partial charge on any atom is 0.271 e. The molecule has 1 saturated carbocycles. The number of ether oxygens (including phenoxy) is 1. The van der Waals surface area contributed by atoms with E-state index in [1.165, 1.54) is 6.20 Å². The molecule has 2 aliphatic heterocycles. The van der Waals surface area contributed by atoms with Crippen molar-refractivity contribution >= 4 is 28.9 Å². The van der Waals surface area contributed by atoms with Crippen molar-refractivity contribution in [3.8, 4) is 0 Å². The van der Waals surface area contributed by atoms with E-state index in [-0.39, 0.29) is 18.1 Å². The number of anilines is 3. The van der Waals surface area contributed by atoms with Gasteiger partial charge in [0.2, 0.25) is 0 Å². The highest BCUT2D eigenvalue weighted by atomic mass is 16.5. The van der Waals surface area contributed by atoms with Crippen LogP contribution in [-0.2, 0) is 11.2 Å². The smallest absolute Gasteiger partial charge is 0.271 e. The zero-order valence-corrected chi connectivity index (χ0v) is 20.0. The Morgan fingerprint density at radius 2 is 2.17 bits per heavy atom. The molecule has 1 aliphatic carbocycles. The van der Waals surface area contributed by atoms with Gasteiger partial charge in [-0.05, 0) is 50.5 Å². The third kappa shape index (κ3) is 3.74. The molecule has 0 saturated heterocycles. The van der Waals surface area contributed by atoms with Crippen LogP contribution in [0, 0.1) is 6.92 Å². The monoisotopic (exact) mass is 489 g/mol. The third-order valence-electron chi connectivity index (χ3n) is 6.86. The van der Waals surface area contributed by atoms with Crippen LogP contribution in [0.5, 0.6) is 0 Å². The molecule has 186 valence electrons. The van der Waals surface area contributed by atoms with E-state index < -0.39 is 6.23 Å². The molecule has 3 atom stereocenters. The summed E-state index contributed by atoms with van der Waals surface area (Å²) in [6.07, 6.45) is 8.42. The Hall–Kier alpha value is -4.03. The van der Waals surface area contributed by atoms with E-state index in [9.17, 15) is 9.90 Å². The van der Waals surface area contributed by atoms with E-state index in [0.29, 0.717) is 28.7 Å². The van der Waals surface area contributed by atoms with Gasteiger partial charge >= 0.3 is 0 Å². The van der Waals surface area contributed by atoms with Gasteiger partial charge in [-0.3, -0.25) is 9.69 Å². The fourth-order valence-corrected chi connectivity index (χ4v) is 4.72. The number of aryl methyl sites for hydroxylation is 1. The number of rotatable bonds is 6. The molecule has 1 fully saturated rings. The molecule has 3 aromatic heterocycles. The first-order chi connectivity index (χ1) is 17.5. The van der Waals surface area contributed by atoms with E-state index in [1.807, 2.05) is 19.1 Å². The van der Waals surface area contributed by atoms with Crippen LogP contribution in [0.2, 0.25) is 0 Å². The number of hydrogen-bond acceptors (Lipinski definition) is 10. The van der Waals surface area contributed by atoms with Crippen molar-refractivity contribution in [3.63, 3.8) is 0 Å². The van der Waals surface area contributed by atoms with E-state index in [0.717, 1.165) is 42.8 Å². The first-order valence-electron chi connectivity index (χ1n) is 11.9. The zero-order valence-electron chi connectivity index (χ0n) is 20.0. The van der Waals surface area contributed by atoms with Crippen LogP contribution in [0.1, 0.15) is 34.6 Å². The van der Waals surface area contributed by atoms with Gasteiger partial charge in [-0.1, -0.05) is 0 Å². The zero-order chi connectivity index (χ0) is 24.8. The number of methoxy groups -OCH3 is 1. The van der Waals surface area contributed by atoms with Crippen molar-refractivity contribution in [2.45, 2.75) is 44.6 Å². The van der Waals surface area contributed by atoms with Gasteiger partial charge in [0.05, 0.1) is 35.4 Å². The number of imidazole rings is 1. The van der Waals surface area contributed by atoms with Crippen molar-refractivity contribution in [2.24, 2.45) is 0 Å².